The summed E-state index contributed by atoms with van der Waals surface area (Å²) in [7, 11) is -8.51. The predicted molar refractivity (Wildman–Crippen MR) is 92.9 cm³/mol. The Morgan fingerprint density at radius 1 is 1.19 bits per heavy atom. The summed E-state index contributed by atoms with van der Waals surface area (Å²) in [6, 6.07) is 3.06. The van der Waals surface area contributed by atoms with Gasteiger partial charge < -0.3 is 9.47 Å². The third-order valence-corrected chi connectivity index (χ3v) is 9.34. The molecule has 1 aromatic carbocycles. The first-order chi connectivity index (χ1) is 11.7. The molecule has 1 heterocycles. The SMILES string of the molecule is Cc1c(C(C)C(=O)OC(C)(S(C)(=O)=O)S(C)(=O)=O)ccc2c1COC2=O. The molecule has 10 heteroatoms. The lowest BCUT2D eigenvalue weighted by molar-refractivity contribution is -0.148. The number of fused-ring (bicyclic) bond motifs is 1. The van der Waals surface area contributed by atoms with Gasteiger partial charge in [-0.15, -0.1) is 0 Å². The third kappa shape index (κ3) is 3.23. The summed E-state index contributed by atoms with van der Waals surface area (Å²) in [5.74, 6) is -2.40. The number of rotatable bonds is 5. The number of cyclic esters (lactones) is 1. The van der Waals surface area contributed by atoms with Crippen molar-refractivity contribution in [1.82, 2.24) is 0 Å². The summed E-state index contributed by atoms with van der Waals surface area (Å²) in [6.07, 6.45) is 1.38. The van der Waals surface area contributed by atoms with Crippen molar-refractivity contribution in [2.24, 2.45) is 0 Å². The first-order valence-corrected chi connectivity index (χ1v) is 11.4. The van der Waals surface area contributed by atoms with Crippen LogP contribution in [0.1, 0.15) is 46.8 Å². The molecule has 26 heavy (non-hydrogen) atoms. The molecule has 1 aliphatic heterocycles. The van der Waals surface area contributed by atoms with Crippen molar-refractivity contribution in [2.45, 2.75) is 37.6 Å². The summed E-state index contributed by atoms with van der Waals surface area (Å²) in [4.78, 5) is 24.1. The molecule has 0 aromatic heterocycles. The van der Waals surface area contributed by atoms with Crippen molar-refractivity contribution in [3.05, 3.63) is 34.4 Å². The quantitative estimate of drug-likeness (QED) is 0.668. The zero-order valence-corrected chi connectivity index (χ0v) is 16.7. The first kappa shape index (κ1) is 20.4. The summed E-state index contributed by atoms with van der Waals surface area (Å²) < 4.78 is 55.0. The Morgan fingerprint density at radius 2 is 1.73 bits per heavy atom. The Hall–Kier alpha value is -1.94. The number of hydrogen-bond acceptors (Lipinski definition) is 8. The molecule has 144 valence electrons. The van der Waals surface area contributed by atoms with E-state index in [-0.39, 0.29) is 6.61 Å². The van der Waals surface area contributed by atoms with Gasteiger partial charge in [-0.25, -0.2) is 21.6 Å². The van der Waals surface area contributed by atoms with Crippen LogP contribution in [0.2, 0.25) is 0 Å². The molecule has 0 bridgehead atoms. The van der Waals surface area contributed by atoms with Crippen molar-refractivity contribution in [2.75, 3.05) is 12.5 Å². The molecule has 1 aliphatic rings. The summed E-state index contributed by atoms with van der Waals surface area (Å²) in [5, 5.41) is 0. The average Bonchev–Trinajstić information content (AvgIpc) is 2.87. The van der Waals surface area contributed by atoms with E-state index in [0.717, 1.165) is 6.92 Å². The fourth-order valence-electron chi connectivity index (χ4n) is 2.66. The second kappa shape index (κ2) is 6.34. The number of hydrogen-bond donors (Lipinski definition) is 0. The minimum absolute atomic E-state index is 0.0833. The lowest BCUT2D eigenvalue weighted by Crippen LogP contribution is -2.47. The van der Waals surface area contributed by atoms with Crippen molar-refractivity contribution >= 4 is 31.6 Å². The van der Waals surface area contributed by atoms with E-state index >= 15 is 0 Å². The number of ether oxygens (including phenoxy) is 2. The molecule has 0 saturated heterocycles. The molecule has 0 saturated carbocycles. The Morgan fingerprint density at radius 3 is 2.23 bits per heavy atom. The highest BCUT2D eigenvalue weighted by atomic mass is 32.3. The van der Waals surface area contributed by atoms with Crippen LogP contribution >= 0.6 is 0 Å². The zero-order chi connectivity index (χ0) is 20.1. The number of carbonyl (C=O) groups is 2. The van der Waals surface area contributed by atoms with E-state index in [1.165, 1.54) is 13.0 Å². The van der Waals surface area contributed by atoms with Crippen LogP contribution in [0.5, 0.6) is 0 Å². The van der Waals surface area contributed by atoms with Crippen LogP contribution in [0.3, 0.4) is 0 Å². The van der Waals surface area contributed by atoms with E-state index in [0.29, 0.717) is 34.8 Å². The third-order valence-electron chi connectivity index (χ3n) is 4.66. The van der Waals surface area contributed by atoms with Crippen LogP contribution in [0.4, 0.5) is 0 Å². The lowest BCUT2D eigenvalue weighted by Gasteiger charge is -2.27. The van der Waals surface area contributed by atoms with Crippen LogP contribution in [-0.2, 0) is 40.5 Å². The van der Waals surface area contributed by atoms with Crippen LogP contribution in [-0.4, -0.2) is 45.6 Å². The molecule has 1 unspecified atom stereocenters. The molecule has 8 nitrogen and oxygen atoms in total. The largest absolute Gasteiger partial charge is 0.457 e. The number of benzene rings is 1. The first-order valence-electron chi connectivity index (χ1n) is 7.62. The number of esters is 2. The monoisotopic (exact) mass is 404 g/mol. The number of carbonyl (C=O) groups excluding carboxylic acids is 2. The molecule has 0 N–H and O–H groups in total. The summed E-state index contributed by atoms with van der Waals surface area (Å²) in [6.45, 7) is 4.09. The average molecular weight is 404 g/mol. The minimum atomic E-state index is -4.26. The Balaban J connectivity index is 2.41. The van der Waals surface area contributed by atoms with E-state index in [1.807, 2.05) is 0 Å². The molecule has 1 atom stereocenters. The van der Waals surface area contributed by atoms with Crippen molar-refractivity contribution in [1.29, 1.82) is 0 Å². The van der Waals surface area contributed by atoms with Crippen LogP contribution in [0.25, 0.3) is 0 Å². The van der Waals surface area contributed by atoms with Gasteiger partial charge in [-0.05, 0) is 31.0 Å². The summed E-state index contributed by atoms with van der Waals surface area (Å²) in [5.41, 5.74) is 2.18. The zero-order valence-electron chi connectivity index (χ0n) is 15.0. The van der Waals surface area contributed by atoms with Crippen molar-refractivity contribution in [3.8, 4) is 0 Å². The lowest BCUT2D eigenvalue weighted by atomic mass is 9.91. The Kier molecular flexibility index (Phi) is 4.97. The second-order valence-corrected chi connectivity index (χ2v) is 11.3. The van der Waals surface area contributed by atoms with Gasteiger partial charge in [0, 0.05) is 25.0 Å². The van der Waals surface area contributed by atoms with Gasteiger partial charge >= 0.3 is 16.2 Å². The molecule has 2 rings (SSSR count). The fraction of sp³-hybridized carbons (Fsp3) is 0.500. The van der Waals surface area contributed by atoms with Gasteiger partial charge in [-0.2, -0.15) is 0 Å². The van der Waals surface area contributed by atoms with Crippen molar-refractivity contribution in [3.63, 3.8) is 0 Å². The number of sulfone groups is 2. The maximum Gasteiger partial charge on any atom is 0.338 e. The predicted octanol–water partition coefficient (Wildman–Crippen LogP) is 1.08. The molecule has 0 aliphatic carbocycles. The molecule has 0 fully saturated rings. The van der Waals surface area contributed by atoms with E-state index in [2.05, 4.69) is 0 Å². The van der Waals surface area contributed by atoms with Gasteiger partial charge in [-0.1, -0.05) is 6.07 Å². The van der Waals surface area contributed by atoms with Gasteiger partial charge in [0.05, 0.1) is 11.5 Å². The molecular formula is C16H20O8S2. The van der Waals surface area contributed by atoms with E-state index < -0.39 is 41.8 Å². The van der Waals surface area contributed by atoms with Gasteiger partial charge in [0.15, 0.2) is 0 Å². The molecule has 0 amide bonds. The highest BCUT2D eigenvalue weighted by molar-refractivity contribution is 8.09. The topological polar surface area (TPSA) is 121 Å². The Bertz CT molecular complexity index is 957. The molecular weight excluding hydrogens is 384 g/mol. The van der Waals surface area contributed by atoms with Gasteiger partial charge in [0.25, 0.3) is 0 Å². The van der Waals surface area contributed by atoms with E-state index in [1.54, 1.807) is 13.0 Å². The summed E-state index contributed by atoms with van der Waals surface area (Å²) >= 11 is 0. The maximum absolute atomic E-state index is 12.5. The minimum Gasteiger partial charge on any atom is -0.457 e. The fourth-order valence-corrected chi connectivity index (χ4v) is 5.33. The maximum atomic E-state index is 12.5. The Labute approximate surface area is 152 Å². The van der Waals surface area contributed by atoms with Crippen LogP contribution < -0.4 is 0 Å². The normalized spacial score (nSPS) is 16.0. The molecule has 0 radical (unpaired) electrons. The van der Waals surface area contributed by atoms with Gasteiger partial charge in [0.2, 0.25) is 19.7 Å². The second-order valence-electron chi connectivity index (χ2n) is 6.43. The highest BCUT2D eigenvalue weighted by Gasteiger charge is 2.50. The van der Waals surface area contributed by atoms with Crippen LogP contribution in [0, 0.1) is 6.92 Å². The van der Waals surface area contributed by atoms with E-state index in [4.69, 9.17) is 9.47 Å². The highest BCUT2D eigenvalue weighted by Crippen LogP contribution is 2.32. The van der Waals surface area contributed by atoms with Crippen molar-refractivity contribution < 1.29 is 35.9 Å². The molecule has 0 spiro atoms. The van der Waals surface area contributed by atoms with E-state index in [9.17, 15) is 26.4 Å². The smallest absolute Gasteiger partial charge is 0.338 e. The molecule has 1 aromatic rings. The van der Waals surface area contributed by atoms with Gasteiger partial charge in [-0.3, -0.25) is 4.79 Å². The standard InChI is InChI=1S/C16H20O8S2/c1-9-11(6-7-12-13(9)8-23-15(12)18)10(2)14(17)24-16(3,25(4,19)20)26(5,21)22/h6-7,10H,8H2,1-5H3. The van der Waals surface area contributed by atoms with Gasteiger partial charge in [0.1, 0.15) is 6.61 Å². The van der Waals surface area contributed by atoms with Crippen LogP contribution in [0.15, 0.2) is 12.1 Å².